The minimum absolute atomic E-state index is 1.40. The average molecular weight is 1250 g/mol. The van der Waals surface area contributed by atoms with E-state index in [1.54, 1.807) is 0 Å². The number of nitrogens with one attached hydrogen (secondary N) is 2. The summed E-state index contributed by atoms with van der Waals surface area (Å²) in [5, 5.41) is -11.4. The Morgan fingerprint density at radius 1 is 0.197 bits per heavy atom. The first kappa shape index (κ1) is 55.2. The third-order valence-corrected chi connectivity index (χ3v) is 14.6. The van der Waals surface area contributed by atoms with Crippen molar-refractivity contribution in [3.8, 4) is 44.5 Å². The maximum atomic E-state index is 16.2. The average Bonchev–Trinajstić information content (AvgIpc) is 4.06. The second-order valence-electron chi connectivity index (χ2n) is 15.2. The van der Waals surface area contributed by atoms with Crippen molar-refractivity contribution in [2.75, 3.05) is 0 Å². The van der Waals surface area contributed by atoms with Gasteiger partial charge in [0.05, 0.1) is 107 Å². The molecule has 0 aliphatic carbocycles. The molecular formula is C44H2Cl8F20N4. The van der Waals surface area contributed by atoms with Crippen molar-refractivity contribution in [1.29, 1.82) is 0 Å². The molecule has 32 heteroatoms. The number of benzene rings is 4. The highest BCUT2D eigenvalue weighted by atomic mass is 35.5. The molecule has 394 valence electrons. The number of hydrogen-bond donors (Lipinski definition) is 2. The van der Waals surface area contributed by atoms with Gasteiger partial charge in [0, 0.05) is 22.3 Å². The van der Waals surface area contributed by atoms with Gasteiger partial charge >= 0.3 is 0 Å². The smallest absolute Gasteiger partial charge is 0.200 e. The van der Waals surface area contributed by atoms with Crippen molar-refractivity contribution in [3.05, 3.63) is 159 Å². The molecule has 76 heavy (non-hydrogen) atoms. The first-order valence-corrected chi connectivity index (χ1v) is 22.2. The van der Waals surface area contributed by atoms with Crippen LogP contribution in [0.25, 0.3) is 86.7 Å². The Balaban J connectivity index is 1.75. The summed E-state index contributed by atoms with van der Waals surface area (Å²) in [7, 11) is 0. The Morgan fingerprint density at radius 3 is 0.579 bits per heavy atom. The van der Waals surface area contributed by atoms with Gasteiger partial charge < -0.3 is 9.97 Å². The highest BCUT2D eigenvalue weighted by molar-refractivity contribution is 6.68. The van der Waals surface area contributed by atoms with E-state index in [1.165, 1.54) is 0 Å². The van der Waals surface area contributed by atoms with Gasteiger partial charge in [-0.15, -0.1) is 0 Å². The van der Waals surface area contributed by atoms with Crippen molar-refractivity contribution in [2.45, 2.75) is 0 Å². The zero-order chi connectivity index (χ0) is 56.2. The first-order chi connectivity index (χ1) is 35.4. The molecule has 2 aliphatic rings. The number of nitrogens with zero attached hydrogens (tertiary/aromatic N) is 2. The van der Waals surface area contributed by atoms with Gasteiger partial charge in [-0.3, -0.25) is 0 Å². The number of aromatic amines is 2. The summed E-state index contributed by atoms with van der Waals surface area (Å²) in [6.07, 6.45) is 0. The third-order valence-electron chi connectivity index (χ3n) is 11.2. The van der Waals surface area contributed by atoms with Crippen molar-refractivity contribution in [3.63, 3.8) is 0 Å². The first-order valence-electron chi connectivity index (χ1n) is 19.2. The minimum atomic E-state index is -2.90. The highest BCUT2D eigenvalue weighted by Gasteiger charge is 2.41. The molecule has 3 aromatic heterocycles. The number of aromatic nitrogens is 4. The van der Waals surface area contributed by atoms with E-state index in [-0.39, 0.29) is 0 Å². The largest absolute Gasteiger partial charge is 0.352 e. The van der Waals surface area contributed by atoms with E-state index in [1.807, 2.05) is 9.97 Å². The zero-order valence-corrected chi connectivity index (χ0v) is 40.5. The van der Waals surface area contributed by atoms with Gasteiger partial charge in [0.1, 0.15) is 0 Å². The molecule has 0 radical (unpaired) electrons. The van der Waals surface area contributed by atoms with Crippen molar-refractivity contribution in [2.24, 2.45) is 0 Å². The van der Waals surface area contributed by atoms with Crippen molar-refractivity contribution >= 4 is 135 Å². The molecule has 0 fully saturated rings. The van der Waals surface area contributed by atoms with Crippen LogP contribution in [0.2, 0.25) is 20.1 Å². The lowest BCUT2D eigenvalue weighted by Gasteiger charge is -2.12. The normalized spacial score (nSPS) is 12.9. The second kappa shape index (κ2) is 19.1. The van der Waals surface area contributed by atoms with Crippen LogP contribution in [-0.2, 0) is 0 Å². The molecule has 2 aliphatic heterocycles. The Bertz CT molecular complexity index is 3870. The van der Waals surface area contributed by atoms with Crippen molar-refractivity contribution < 1.29 is 87.8 Å². The topological polar surface area (TPSA) is 57.4 Å². The Hall–Kier alpha value is -5.60. The summed E-state index contributed by atoms with van der Waals surface area (Å²) in [5.74, 6) is -57.1. The fourth-order valence-corrected chi connectivity index (χ4v) is 9.69. The molecule has 5 heterocycles. The van der Waals surface area contributed by atoms with Crippen LogP contribution in [0.1, 0.15) is 22.8 Å². The Labute approximate surface area is 444 Å². The van der Waals surface area contributed by atoms with Crippen LogP contribution in [-0.4, -0.2) is 19.9 Å². The summed E-state index contributed by atoms with van der Waals surface area (Å²) in [5.41, 5.74) is -28.3. The van der Waals surface area contributed by atoms with Gasteiger partial charge in [0.15, 0.2) is 93.1 Å². The molecule has 0 saturated heterocycles. The van der Waals surface area contributed by atoms with Crippen LogP contribution in [0.15, 0.2) is 0 Å². The predicted octanol–water partition coefficient (Wildman–Crippen LogP) is 19.0. The molecule has 0 atom stereocenters. The lowest BCUT2D eigenvalue weighted by molar-refractivity contribution is 0.381. The molecule has 4 aromatic carbocycles. The number of hydrogen-bond acceptors (Lipinski definition) is 2. The summed E-state index contributed by atoms with van der Waals surface area (Å²) in [6, 6.07) is 0. The number of H-pyrrole nitrogens is 2. The standard InChI is InChI=1S/C44H2Cl8F20N4/c45-9-11(47)39-6(2-19(55)27(63)34(70)28(64)20(2)56)41-13(49)15(51)43(75-41)8(4-23(59)31(67)36(72)32(68)24(4)60)44-16(52)14(50)42(76-44)7(3-21(57)29(65)35(71)30(66)22(3)58)40-12(48)10(46)38(74-40)5(37(9)73-39)1-17(53)25(61)33(69)26(62)18(1)54/h73-74H. The molecule has 7 aromatic rings. The van der Waals surface area contributed by atoms with Gasteiger partial charge in [-0.05, 0) is 0 Å². The monoisotopic (exact) mass is 1250 g/mol. The van der Waals surface area contributed by atoms with Crippen LogP contribution >= 0.6 is 92.8 Å². The van der Waals surface area contributed by atoms with Crippen LogP contribution in [0.5, 0.6) is 0 Å². The van der Waals surface area contributed by atoms with Gasteiger partial charge in [-0.1, -0.05) is 92.8 Å². The van der Waals surface area contributed by atoms with Crippen LogP contribution in [0.3, 0.4) is 0 Å². The number of halogens is 28. The van der Waals surface area contributed by atoms with E-state index >= 15 is 70.2 Å². The van der Waals surface area contributed by atoms with Crippen LogP contribution in [0, 0.1) is 116 Å². The molecule has 9 rings (SSSR count). The van der Waals surface area contributed by atoms with E-state index in [0.29, 0.717) is 0 Å². The SMILES string of the molecule is Fc1c(F)c(F)c(-c2c3nc(c(-c4c(F)c(F)c(F)c(F)c4F)c4[nH]c(c(Cl)c4Cl)c(-c4c(F)c(F)c(F)c(F)c4F)c4[nH]c(c(Cl)c4Cl)c(-c4c(F)c(F)c(F)c(F)c4F)c4nc2C(Cl)=C4Cl)C(Cl)=C3Cl)c(F)c1F. The summed E-state index contributed by atoms with van der Waals surface area (Å²) >= 11 is 52.1. The fourth-order valence-electron chi connectivity index (χ4n) is 7.84. The zero-order valence-electron chi connectivity index (χ0n) is 34.5. The Morgan fingerprint density at radius 2 is 0.355 bits per heavy atom. The van der Waals surface area contributed by atoms with E-state index in [0.717, 1.165) is 0 Å². The highest BCUT2D eigenvalue weighted by Crippen LogP contribution is 2.55. The molecule has 4 nitrogen and oxygen atoms in total. The molecule has 0 saturated carbocycles. The molecular weight excluding hydrogens is 1250 g/mol. The van der Waals surface area contributed by atoms with E-state index < -0.39 is 246 Å². The van der Waals surface area contributed by atoms with Crippen LogP contribution in [0.4, 0.5) is 87.8 Å². The lowest BCUT2D eigenvalue weighted by Crippen LogP contribution is -2.07. The number of rotatable bonds is 4. The quantitative estimate of drug-likeness (QED) is 0.105. The maximum absolute atomic E-state index is 16.2. The Kier molecular flexibility index (Phi) is 13.9. The van der Waals surface area contributed by atoms with Gasteiger partial charge in [0.25, 0.3) is 0 Å². The third kappa shape index (κ3) is 7.58. The van der Waals surface area contributed by atoms with Gasteiger partial charge in [0.2, 0.25) is 23.3 Å². The molecule has 2 N–H and O–H groups in total. The van der Waals surface area contributed by atoms with Gasteiger partial charge in [-0.2, -0.15) is 0 Å². The van der Waals surface area contributed by atoms with E-state index in [9.17, 15) is 17.6 Å². The molecule has 8 bridgehead atoms. The van der Waals surface area contributed by atoms with E-state index in [4.69, 9.17) is 92.8 Å². The van der Waals surface area contributed by atoms with E-state index in [2.05, 4.69) is 9.97 Å². The fraction of sp³-hybridized carbons (Fsp3) is 0. The summed E-state index contributed by atoms with van der Waals surface area (Å²) in [6.45, 7) is 0. The summed E-state index contributed by atoms with van der Waals surface area (Å²) in [4.78, 5) is 11.5. The predicted molar refractivity (Wildman–Crippen MR) is 239 cm³/mol. The molecule has 0 unspecified atom stereocenters. The summed E-state index contributed by atoms with van der Waals surface area (Å²) < 4.78 is 310. The molecule has 0 spiro atoms. The lowest BCUT2D eigenvalue weighted by atomic mass is 9.99. The number of fused-ring (bicyclic) bond motifs is 8. The minimum Gasteiger partial charge on any atom is -0.352 e. The molecule has 0 amide bonds. The van der Waals surface area contributed by atoms with Crippen molar-refractivity contribution in [1.82, 2.24) is 19.9 Å². The van der Waals surface area contributed by atoms with Gasteiger partial charge in [-0.25, -0.2) is 97.8 Å². The van der Waals surface area contributed by atoms with Crippen LogP contribution < -0.4 is 0 Å². The second-order valence-corrected chi connectivity index (χ2v) is 18.2. The maximum Gasteiger partial charge on any atom is 0.200 e.